The molecule has 1 atom stereocenters. The summed E-state index contributed by atoms with van der Waals surface area (Å²) >= 11 is 0. The molecule has 0 aromatic heterocycles. The number of rotatable bonds is 3. The summed E-state index contributed by atoms with van der Waals surface area (Å²) in [5.41, 5.74) is 1.37. The van der Waals surface area contributed by atoms with Gasteiger partial charge in [0, 0.05) is 18.2 Å². The number of phenolic OH excluding ortho intramolecular Hbond substituents is 1. The summed E-state index contributed by atoms with van der Waals surface area (Å²) in [4.78, 5) is 13.8. The van der Waals surface area contributed by atoms with E-state index in [0.29, 0.717) is 12.1 Å². The molecule has 0 aliphatic carbocycles. The summed E-state index contributed by atoms with van der Waals surface area (Å²) < 4.78 is 18.4. The molecular formula is C18H16FNO3. The van der Waals surface area contributed by atoms with Gasteiger partial charge >= 0.3 is 6.09 Å². The Balaban J connectivity index is 1.70. The van der Waals surface area contributed by atoms with E-state index in [1.54, 1.807) is 6.08 Å². The minimum absolute atomic E-state index is 0.178. The van der Waals surface area contributed by atoms with E-state index in [1.807, 2.05) is 36.4 Å². The summed E-state index contributed by atoms with van der Waals surface area (Å²) in [6.45, 7) is 0.563. The molecule has 23 heavy (non-hydrogen) atoms. The minimum Gasteiger partial charge on any atom is -0.507 e. The lowest BCUT2D eigenvalue weighted by Gasteiger charge is -2.24. The maximum Gasteiger partial charge on any atom is 0.411 e. The number of carbonyl (C=O) groups is 1. The first-order valence-electron chi connectivity index (χ1n) is 7.27. The van der Waals surface area contributed by atoms with Crippen LogP contribution in [-0.4, -0.2) is 22.6 Å². The van der Waals surface area contributed by atoms with Gasteiger partial charge in [-0.25, -0.2) is 9.18 Å². The molecule has 118 valence electrons. The van der Waals surface area contributed by atoms with Crippen LogP contribution >= 0.6 is 0 Å². The Morgan fingerprint density at radius 2 is 2.04 bits per heavy atom. The zero-order chi connectivity index (χ0) is 16.2. The number of hydrogen-bond acceptors (Lipinski definition) is 3. The van der Waals surface area contributed by atoms with Crippen molar-refractivity contribution in [3.63, 3.8) is 0 Å². The summed E-state index contributed by atoms with van der Waals surface area (Å²) in [7, 11) is 0. The van der Waals surface area contributed by atoms with Gasteiger partial charge in [-0.1, -0.05) is 48.6 Å². The molecule has 1 aliphatic heterocycles. The van der Waals surface area contributed by atoms with Gasteiger partial charge in [0.2, 0.25) is 0 Å². The number of benzene rings is 2. The fraction of sp³-hybridized carbons (Fsp3) is 0.167. The predicted molar refractivity (Wildman–Crippen MR) is 83.3 cm³/mol. The lowest BCUT2D eigenvalue weighted by Crippen LogP contribution is -2.31. The minimum atomic E-state index is -0.522. The molecule has 3 rings (SSSR count). The van der Waals surface area contributed by atoms with Crippen LogP contribution < -0.4 is 0 Å². The van der Waals surface area contributed by atoms with Crippen LogP contribution in [0.5, 0.6) is 5.75 Å². The maximum atomic E-state index is 13.1. The number of nitrogens with zero attached hydrogens (tertiary/aromatic N) is 1. The molecule has 0 saturated carbocycles. The quantitative estimate of drug-likeness (QED) is 0.877. The van der Waals surface area contributed by atoms with Gasteiger partial charge in [0.25, 0.3) is 0 Å². The highest BCUT2D eigenvalue weighted by Crippen LogP contribution is 2.33. The molecule has 5 heteroatoms. The van der Waals surface area contributed by atoms with Gasteiger partial charge in [-0.05, 0) is 11.6 Å². The Bertz CT molecular complexity index is 730. The predicted octanol–water partition coefficient (Wildman–Crippen LogP) is 3.78. The second-order valence-corrected chi connectivity index (χ2v) is 5.27. The molecule has 1 amide bonds. The molecule has 1 N–H and O–H groups in total. The fourth-order valence-corrected chi connectivity index (χ4v) is 2.55. The topological polar surface area (TPSA) is 49.8 Å². The van der Waals surface area contributed by atoms with Crippen molar-refractivity contribution in [3.05, 3.63) is 77.6 Å². The molecule has 4 nitrogen and oxygen atoms in total. The molecule has 2 aromatic carbocycles. The van der Waals surface area contributed by atoms with Crippen molar-refractivity contribution in [1.29, 1.82) is 0 Å². The SMILES string of the molecule is O=C(OCc1ccccc1)N1CC=CC1c1ccc(F)cc1O. The van der Waals surface area contributed by atoms with Crippen molar-refractivity contribution >= 4 is 6.09 Å². The molecule has 0 fully saturated rings. The van der Waals surface area contributed by atoms with E-state index in [2.05, 4.69) is 0 Å². The summed E-state index contributed by atoms with van der Waals surface area (Å²) in [6, 6.07) is 12.7. The highest BCUT2D eigenvalue weighted by Gasteiger charge is 2.29. The lowest BCUT2D eigenvalue weighted by molar-refractivity contribution is 0.0947. The van der Waals surface area contributed by atoms with Crippen molar-refractivity contribution in [2.24, 2.45) is 0 Å². The molecule has 2 aromatic rings. The lowest BCUT2D eigenvalue weighted by atomic mass is 10.1. The Labute approximate surface area is 133 Å². The normalized spacial score (nSPS) is 16.6. The van der Waals surface area contributed by atoms with Crippen LogP contribution in [0.1, 0.15) is 17.2 Å². The number of aromatic hydroxyl groups is 1. The fourth-order valence-electron chi connectivity index (χ4n) is 2.55. The summed E-state index contributed by atoms with van der Waals surface area (Å²) in [5.74, 6) is -0.700. The van der Waals surface area contributed by atoms with Crippen LogP contribution in [-0.2, 0) is 11.3 Å². The first-order chi connectivity index (χ1) is 11.1. The average molecular weight is 313 g/mol. The van der Waals surface area contributed by atoms with Crippen molar-refractivity contribution in [3.8, 4) is 5.75 Å². The van der Waals surface area contributed by atoms with Crippen LogP contribution in [0, 0.1) is 5.82 Å². The van der Waals surface area contributed by atoms with Gasteiger partial charge in [0.15, 0.2) is 0 Å². The van der Waals surface area contributed by atoms with Gasteiger partial charge in [-0.15, -0.1) is 0 Å². The molecule has 1 aliphatic rings. The van der Waals surface area contributed by atoms with Crippen LogP contribution in [0.25, 0.3) is 0 Å². The van der Waals surface area contributed by atoms with Crippen LogP contribution in [0.4, 0.5) is 9.18 Å². The zero-order valence-electron chi connectivity index (χ0n) is 12.4. The highest BCUT2D eigenvalue weighted by molar-refractivity contribution is 5.70. The molecule has 1 heterocycles. The van der Waals surface area contributed by atoms with Crippen LogP contribution in [0.15, 0.2) is 60.7 Å². The highest BCUT2D eigenvalue weighted by atomic mass is 19.1. The number of halogens is 1. The summed E-state index contributed by atoms with van der Waals surface area (Å²) in [6.07, 6.45) is 3.13. The first-order valence-corrected chi connectivity index (χ1v) is 7.27. The molecular weight excluding hydrogens is 297 g/mol. The van der Waals surface area contributed by atoms with E-state index >= 15 is 0 Å². The standard InChI is InChI=1S/C18H16FNO3/c19-14-8-9-15(17(21)11-14)16-7-4-10-20(16)18(22)23-12-13-5-2-1-3-6-13/h1-9,11,16,21H,10,12H2. The van der Waals surface area contributed by atoms with Crippen molar-refractivity contribution in [2.75, 3.05) is 6.54 Å². The average Bonchev–Trinajstić information content (AvgIpc) is 3.03. The third-order valence-corrected chi connectivity index (χ3v) is 3.71. The maximum absolute atomic E-state index is 13.1. The van der Waals surface area contributed by atoms with E-state index in [0.717, 1.165) is 11.6 Å². The number of amides is 1. The summed E-state index contributed by atoms with van der Waals surface area (Å²) in [5, 5.41) is 9.91. The number of hydrogen-bond donors (Lipinski definition) is 1. The van der Waals surface area contributed by atoms with Crippen molar-refractivity contribution < 1.29 is 19.0 Å². The van der Waals surface area contributed by atoms with E-state index in [-0.39, 0.29) is 12.4 Å². The van der Waals surface area contributed by atoms with E-state index in [4.69, 9.17) is 4.74 Å². The van der Waals surface area contributed by atoms with Crippen LogP contribution in [0.3, 0.4) is 0 Å². The molecule has 0 spiro atoms. The Kier molecular flexibility index (Phi) is 4.28. The third kappa shape index (κ3) is 3.34. The van der Waals surface area contributed by atoms with E-state index < -0.39 is 18.0 Å². The molecule has 0 bridgehead atoms. The van der Waals surface area contributed by atoms with E-state index in [1.165, 1.54) is 17.0 Å². The third-order valence-electron chi connectivity index (χ3n) is 3.71. The van der Waals surface area contributed by atoms with Gasteiger partial charge in [0.1, 0.15) is 18.2 Å². The van der Waals surface area contributed by atoms with Gasteiger partial charge in [-0.2, -0.15) is 0 Å². The van der Waals surface area contributed by atoms with Crippen molar-refractivity contribution in [2.45, 2.75) is 12.6 Å². The van der Waals surface area contributed by atoms with Crippen LogP contribution in [0.2, 0.25) is 0 Å². The van der Waals surface area contributed by atoms with Gasteiger partial charge < -0.3 is 9.84 Å². The smallest absolute Gasteiger partial charge is 0.411 e. The Morgan fingerprint density at radius 3 is 2.78 bits per heavy atom. The monoisotopic (exact) mass is 313 g/mol. The molecule has 1 unspecified atom stereocenters. The molecule has 0 saturated heterocycles. The zero-order valence-corrected chi connectivity index (χ0v) is 12.4. The Morgan fingerprint density at radius 1 is 1.26 bits per heavy atom. The Hall–Kier alpha value is -2.82. The van der Waals surface area contributed by atoms with Gasteiger partial charge in [-0.3, -0.25) is 4.90 Å². The van der Waals surface area contributed by atoms with Gasteiger partial charge in [0.05, 0.1) is 6.04 Å². The number of ether oxygens (including phenoxy) is 1. The second kappa shape index (κ2) is 6.52. The number of carbonyl (C=O) groups excluding carboxylic acids is 1. The largest absolute Gasteiger partial charge is 0.507 e. The van der Waals surface area contributed by atoms with E-state index in [9.17, 15) is 14.3 Å². The second-order valence-electron chi connectivity index (χ2n) is 5.27. The number of phenols is 1. The van der Waals surface area contributed by atoms with Crippen molar-refractivity contribution in [1.82, 2.24) is 4.90 Å². The first kappa shape index (κ1) is 15.1. The molecule has 0 radical (unpaired) electrons.